The number of hydrogen-bond donors (Lipinski definition) is 0. The zero-order valence-corrected chi connectivity index (χ0v) is 9.83. The summed E-state index contributed by atoms with van der Waals surface area (Å²) in [4.78, 5) is 3.89. The van der Waals surface area contributed by atoms with Crippen molar-refractivity contribution in [3.8, 4) is 0 Å². The minimum Gasteiger partial charge on any atom is -0.129 e. The molecular formula is C9H11S3. The van der Waals surface area contributed by atoms with E-state index in [4.69, 9.17) is 0 Å². The fraction of sp³-hybridized carbons (Fsp3) is 0.333. The quantitative estimate of drug-likeness (QED) is 0.706. The first-order valence-corrected chi connectivity index (χ1v) is 7.17. The van der Waals surface area contributed by atoms with Crippen LogP contribution in [-0.2, 0) is 0 Å². The summed E-state index contributed by atoms with van der Waals surface area (Å²) in [6, 6.07) is 7.51. The molecule has 1 aromatic rings. The SMILES string of the molecule is CSc1[c]cc(SC)c(SC)c1. The highest BCUT2D eigenvalue weighted by Gasteiger charge is 2.00. The van der Waals surface area contributed by atoms with Crippen LogP contribution in [0, 0.1) is 6.07 Å². The Morgan fingerprint density at radius 1 is 1.00 bits per heavy atom. The van der Waals surface area contributed by atoms with Crippen LogP contribution in [0.4, 0.5) is 0 Å². The maximum atomic E-state index is 3.24. The van der Waals surface area contributed by atoms with Crippen molar-refractivity contribution in [1.29, 1.82) is 0 Å². The van der Waals surface area contributed by atoms with Crippen molar-refractivity contribution >= 4 is 35.3 Å². The van der Waals surface area contributed by atoms with E-state index in [1.165, 1.54) is 14.7 Å². The second-order valence-corrected chi connectivity index (χ2v) is 4.68. The largest absolute Gasteiger partial charge is 0.129 e. The Hall–Kier alpha value is 0.270. The van der Waals surface area contributed by atoms with Crippen LogP contribution in [0.2, 0.25) is 0 Å². The van der Waals surface area contributed by atoms with Crippen LogP contribution in [-0.4, -0.2) is 18.8 Å². The lowest BCUT2D eigenvalue weighted by Gasteiger charge is -2.05. The van der Waals surface area contributed by atoms with E-state index < -0.39 is 0 Å². The lowest BCUT2D eigenvalue weighted by molar-refractivity contribution is 1.19. The summed E-state index contributed by atoms with van der Waals surface area (Å²) in [6.45, 7) is 0. The number of benzene rings is 1. The summed E-state index contributed by atoms with van der Waals surface area (Å²) in [5.41, 5.74) is 0. The normalized spacial score (nSPS) is 10.2. The summed E-state index contributed by atoms with van der Waals surface area (Å²) in [5, 5.41) is 0. The van der Waals surface area contributed by atoms with Crippen LogP contribution < -0.4 is 0 Å². The van der Waals surface area contributed by atoms with E-state index in [2.05, 4.69) is 37.0 Å². The molecule has 0 aliphatic carbocycles. The van der Waals surface area contributed by atoms with Gasteiger partial charge in [0.2, 0.25) is 0 Å². The maximum absolute atomic E-state index is 3.24. The van der Waals surface area contributed by atoms with Crippen LogP contribution in [0.5, 0.6) is 0 Å². The van der Waals surface area contributed by atoms with E-state index in [1.807, 2.05) is 0 Å². The molecule has 12 heavy (non-hydrogen) atoms. The molecule has 1 radical (unpaired) electrons. The van der Waals surface area contributed by atoms with Gasteiger partial charge < -0.3 is 0 Å². The molecule has 1 rings (SSSR count). The average Bonchev–Trinajstić information content (AvgIpc) is 2.16. The Labute approximate surface area is 86.9 Å². The molecule has 0 amide bonds. The molecule has 0 saturated heterocycles. The molecule has 65 valence electrons. The Morgan fingerprint density at radius 3 is 2.17 bits per heavy atom. The molecule has 0 atom stereocenters. The van der Waals surface area contributed by atoms with Gasteiger partial charge in [-0.25, -0.2) is 0 Å². The third kappa shape index (κ3) is 2.38. The van der Waals surface area contributed by atoms with Crippen LogP contribution in [0.3, 0.4) is 0 Å². The predicted octanol–water partition coefficient (Wildman–Crippen LogP) is 3.65. The molecule has 0 aromatic heterocycles. The summed E-state index contributed by atoms with van der Waals surface area (Å²) < 4.78 is 0. The first-order valence-electron chi connectivity index (χ1n) is 3.49. The molecule has 0 unspecified atom stereocenters. The second-order valence-electron chi connectivity index (χ2n) is 2.14. The van der Waals surface area contributed by atoms with Crippen molar-refractivity contribution in [1.82, 2.24) is 0 Å². The van der Waals surface area contributed by atoms with E-state index in [1.54, 1.807) is 35.3 Å². The summed E-state index contributed by atoms with van der Waals surface area (Å²) in [5.74, 6) is 0. The standard InChI is InChI=1S/C9H11S3/c1-10-7-4-5-8(11-2)9(6-7)12-3/h5-6H,1-3H3. The summed E-state index contributed by atoms with van der Waals surface area (Å²) >= 11 is 5.31. The molecule has 0 aliphatic heterocycles. The lowest BCUT2D eigenvalue weighted by atomic mass is 10.4. The van der Waals surface area contributed by atoms with Gasteiger partial charge in [0.15, 0.2) is 0 Å². The first kappa shape index (κ1) is 10.4. The molecule has 0 nitrogen and oxygen atoms in total. The third-order valence-corrected chi connectivity index (χ3v) is 3.87. The molecular weight excluding hydrogens is 204 g/mol. The van der Waals surface area contributed by atoms with Crippen molar-refractivity contribution in [3.05, 3.63) is 18.2 Å². The molecule has 0 fully saturated rings. The van der Waals surface area contributed by atoms with E-state index >= 15 is 0 Å². The van der Waals surface area contributed by atoms with Gasteiger partial charge in [0, 0.05) is 14.7 Å². The van der Waals surface area contributed by atoms with E-state index in [0.717, 1.165) is 0 Å². The van der Waals surface area contributed by atoms with Gasteiger partial charge in [-0.3, -0.25) is 0 Å². The molecule has 0 N–H and O–H groups in total. The zero-order valence-electron chi connectivity index (χ0n) is 7.38. The molecule has 0 aliphatic rings. The van der Waals surface area contributed by atoms with Gasteiger partial charge in [0.05, 0.1) is 0 Å². The lowest BCUT2D eigenvalue weighted by Crippen LogP contribution is -1.78. The number of rotatable bonds is 3. The van der Waals surface area contributed by atoms with Crippen molar-refractivity contribution in [2.24, 2.45) is 0 Å². The van der Waals surface area contributed by atoms with E-state index in [9.17, 15) is 0 Å². The third-order valence-electron chi connectivity index (χ3n) is 1.51. The molecule has 0 spiro atoms. The Morgan fingerprint density at radius 2 is 1.67 bits per heavy atom. The van der Waals surface area contributed by atoms with E-state index in [0.29, 0.717) is 0 Å². The van der Waals surface area contributed by atoms with Gasteiger partial charge in [0.25, 0.3) is 0 Å². The van der Waals surface area contributed by atoms with Crippen LogP contribution in [0.1, 0.15) is 0 Å². The van der Waals surface area contributed by atoms with Gasteiger partial charge in [-0.1, -0.05) is 0 Å². The van der Waals surface area contributed by atoms with E-state index in [-0.39, 0.29) is 0 Å². The highest BCUT2D eigenvalue weighted by Crippen LogP contribution is 2.30. The molecule has 0 heterocycles. The number of thioether (sulfide) groups is 3. The fourth-order valence-electron chi connectivity index (χ4n) is 0.877. The van der Waals surface area contributed by atoms with Crippen LogP contribution in [0.25, 0.3) is 0 Å². The Balaban J connectivity index is 3.02. The highest BCUT2D eigenvalue weighted by atomic mass is 32.2. The zero-order chi connectivity index (χ0) is 8.97. The fourth-order valence-corrected chi connectivity index (χ4v) is 2.80. The predicted molar refractivity (Wildman–Crippen MR) is 60.6 cm³/mol. The molecule has 1 aromatic carbocycles. The second kappa shape index (κ2) is 5.10. The molecule has 3 heteroatoms. The Kier molecular flexibility index (Phi) is 4.40. The molecule has 0 saturated carbocycles. The first-order chi connectivity index (χ1) is 5.81. The van der Waals surface area contributed by atoms with Gasteiger partial charge >= 0.3 is 0 Å². The highest BCUT2D eigenvalue weighted by molar-refractivity contribution is 8.01. The topological polar surface area (TPSA) is 0 Å². The monoisotopic (exact) mass is 215 g/mol. The summed E-state index contributed by atoms with van der Waals surface area (Å²) in [6.07, 6.45) is 6.29. The number of hydrogen-bond acceptors (Lipinski definition) is 3. The van der Waals surface area contributed by atoms with Gasteiger partial charge in [0.1, 0.15) is 0 Å². The average molecular weight is 215 g/mol. The van der Waals surface area contributed by atoms with Gasteiger partial charge in [-0.05, 0) is 37.0 Å². The minimum atomic E-state index is 1.22. The Bertz CT molecular complexity index is 258. The van der Waals surface area contributed by atoms with Crippen molar-refractivity contribution < 1.29 is 0 Å². The van der Waals surface area contributed by atoms with Crippen LogP contribution >= 0.6 is 35.3 Å². The van der Waals surface area contributed by atoms with Crippen LogP contribution in [0.15, 0.2) is 26.8 Å². The minimum absolute atomic E-state index is 1.22. The molecule has 0 bridgehead atoms. The van der Waals surface area contributed by atoms with Crippen molar-refractivity contribution in [3.63, 3.8) is 0 Å². The van der Waals surface area contributed by atoms with Crippen molar-refractivity contribution in [2.45, 2.75) is 14.7 Å². The maximum Gasteiger partial charge on any atom is 0.0217 e. The van der Waals surface area contributed by atoms with Gasteiger partial charge in [-0.15, -0.1) is 35.3 Å². The van der Waals surface area contributed by atoms with Crippen molar-refractivity contribution in [2.75, 3.05) is 18.8 Å². The smallest absolute Gasteiger partial charge is 0.0217 e. The summed E-state index contributed by atoms with van der Waals surface area (Å²) in [7, 11) is 0. The van der Waals surface area contributed by atoms with Gasteiger partial charge in [-0.2, -0.15) is 0 Å².